The summed E-state index contributed by atoms with van der Waals surface area (Å²) in [5, 5.41) is 0. The van der Waals surface area contributed by atoms with Crippen molar-refractivity contribution in [3.05, 3.63) is 0 Å². The Labute approximate surface area is 79.5 Å². The fraction of sp³-hybridized carbons (Fsp3) is 0.889. The van der Waals surface area contributed by atoms with Crippen molar-refractivity contribution in [2.75, 3.05) is 12.7 Å². The van der Waals surface area contributed by atoms with Gasteiger partial charge in [-0.05, 0) is 34.6 Å². The Kier molecular flexibility index (Phi) is 4.53. The molecule has 0 aliphatic carbocycles. The van der Waals surface area contributed by atoms with Crippen molar-refractivity contribution in [2.45, 2.75) is 40.2 Å². The Balaban J connectivity index is 4.34. The Morgan fingerprint density at radius 2 is 1.92 bits per heavy atom. The molecule has 2 nitrogen and oxygen atoms in total. The molecule has 0 unspecified atom stereocenters. The van der Waals surface area contributed by atoms with E-state index in [1.807, 2.05) is 0 Å². The minimum absolute atomic E-state index is 0.0637. The van der Waals surface area contributed by atoms with Gasteiger partial charge in [-0.1, -0.05) is 0 Å². The van der Waals surface area contributed by atoms with E-state index in [0.29, 0.717) is 0 Å². The summed E-state index contributed by atoms with van der Waals surface area (Å²) in [6, 6.07) is 0. The van der Waals surface area contributed by atoms with Crippen molar-refractivity contribution >= 4 is 16.1 Å². The predicted octanol–water partition coefficient (Wildman–Crippen LogP) is 0.848. The Hall–Kier alpha value is -0.313. The van der Waals surface area contributed by atoms with Crippen LogP contribution in [0, 0.1) is 0 Å². The summed E-state index contributed by atoms with van der Waals surface area (Å²) in [5.74, 6) is 1.18. The largest absolute Gasteiger partial charge is 0.365 e. The first-order valence-corrected chi connectivity index (χ1v) is 6.13. The van der Waals surface area contributed by atoms with Gasteiger partial charge >= 0.3 is 0 Å². The molecule has 0 spiro atoms. The van der Waals surface area contributed by atoms with Gasteiger partial charge in [0.1, 0.15) is 0 Å². The zero-order chi connectivity index (χ0) is 9.78. The second-order valence-electron chi connectivity index (χ2n) is 4.00. The van der Waals surface area contributed by atoms with Crippen LogP contribution >= 0.6 is 0 Å². The molecule has 0 aliphatic heterocycles. The van der Waals surface area contributed by atoms with Gasteiger partial charge in [0.25, 0.3) is 0 Å². The molecule has 0 atom stereocenters. The van der Waals surface area contributed by atoms with E-state index in [2.05, 4.69) is 44.5 Å². The molecule has 3 heteroatoms. The third-order valence-corrected chi connectivity index (χ3v) is 2.48. The average molecular weight is 186 g/mol. The van der Waals surface area contributed by atoms with Gasteiger partial charge in [-0.2, -0.15) is 0 Å². The van der Waals surface area contributed by atoms with E-state index in [0.717, 1.165) is 6.54 Å². The summed E-state index contributed by atoms with van der Waals surface area (Å²) < 4.78 is 0. The van der Waals surface area contributed by atoms with Crippen LogP contribution in [0.25, 0.3) is 0 Å². The van der Waals surface area contributed by atoms with Crippen LogP contribution in [0.5, 0.6) is 0 Å². The molecule has 0 saturated heterocycles. The summed E-state index contributed by atoms with van der Waals surface area (Å²) in [6.07, 6.45) is 1.18. The van der Waals surface area contributed by atoms with Crippen molar-refractivity contribution in [2.24, 2.45) is 4.99 Å². The van der Waals surface area contributed by atoms with Gasteiger partial charge in [0.15, 0.2) is 0 Å². The minimum Gasteiger partial charge on any atom is -0.365 e. The van der Waals surface area contributed by atoms with E-state index in [9.17, 15) is 0 Å². The molecule has 0 aromatic rings. The average Bonchev–Trinajstić information content (AvgIpc) is 1.85. The normalized spacial score (nSPS) is 13.6. The SMILES string of the molecule is CCN(C[SiH3])C(C)=NC(C)(C)C. The quantitative estimate of drug-likeness (QED) is 0.355. The number of hydrogen-bond acceptors (Lipinski definition) is 1. The third kappa shape index (κ3) is 4.54. The van der Waals surface area contributed by atoms with Crippen LogP contribution in [0.2, 0.25) is 0 Å². The third-order valence-electron chi connectivity index (χ3n) is 1.72. The molecule has 0 bridgehead atoms. The van der Waals surface area contributed by atoms with E-state index in [4.69, 9.17) is 0 Å². The monoisotopic (exact) mass is 186 g/mol. The first kappa shape index (κ1) is 11.7. The highest BCUT2D eigenvalue weighted by Gasteiger charge is 2.09. The number of aliphatic imine (C=N–C) groups is 1. The van der Waals surface area contributed by atoms with E-state index < -0.39 is 0 Å². The van der Waals surface area contributed by atoms with Gasteiger partial charge in [0.2, 0.25) is 0 Å². The highest BCUT2D eigenvalue weighted by Crippen LogP contribution is 2.07. The molecule has 0 saturated carbocycles. The van der Waals surface area contributed by atoms with Crippen LogP contribution in [-0.4, -0.2) is 39.2 Å². The van der Waals surface area contributed by atoms with E-state index in [1.165, 1.54) is 22.2 Å². The summed E-state index contributed by atoms with van der Waals surface area (Å²) >= 11 is 0. The standard InChI is InChI=1S/C9H22N2Si/c1-6-11(7-12)8(2)10-9(3,4)5/h6-7H2,1-5,12H3. The van der Waals surface area contributed by atoms with Gasteiger partial charge in [0, 0.05) is 23.0 Å². The molecular formula is C9H22N2Si. The van der Waals surface area contributed by atoms with Crippen LogP contribution in [0.1, 0.15) is 34.6 Å². The molecule has 0 rings (SSSR count). The highest BCUT2D eigenvalue weighted by atomic mass is 28.1. The van der Waals surface area contributed by atoms with Crippen molar-refractivity contribution in [1.29, 1.82) is 0 Å². The highest BCUT2D eigenvalue weighted by molar-refractivity contribution is 6.10. The lowest BCUT2D eigenvalue weighted by atomic mass is 10.1. The second kappa shape index (κ2) is 4.65. The van der Waals surface area contributed by atoms with Crippen molar-refractivity contribution in [3.63, 3.8) is 0 Å². The van der Waals surface area contributed by atoms with Gasteiger partial charge in [-0.25, -0.2) is 0 Å². The Bertz CT molecular complexity index is 154. The molecule has 0 radical (unpaired) electrons. The van der Waals surface area contributed by atoms with Crippen molar-refractivity contribution in [1.82, 2.24) is 4.90 Å². The van der Waals surface area contributed by atoms with E-state index >= 15 is 0 Å². The summed E-state index contributed by atoms with van der Waals surface area (Å²) in [6.45, 7) is 11.8. The van der Waals surface area contributed by atoms with Crippen LogP contribution < -0.4 is 0 Å². The Morgan fingerprint density at radius 1 is 1.42 bits per heavy atom. The van der Waals surface area contributed by atoms with Gasteiger partial charge in [-0.3, -0.25) is 4.99 Å². The fourth-order valence-corrected chi connectivity index (χ4v) is 2.14. The molecule has 0 aromatic heterocycles. The molecule has 72 valence electrons. The molecule has 12 heavy (non-hydrogen) atoms. The first-order valence-electron chi connectivity index (χ1n) is 4.72. The lowest BCUT2D eigenvalue weighted by Crippen LogP contribution is -2.32. The number of nitrogens with zero attached hydrogens (tertiary/aromatic N) is 2. The molecule has 0 fully saturated rings. The Morgan fingerprint density at radius 3 is 2.17 bits per heavy atom. The summed E-state index contributed by atoms with van der Waals surface area (Å²) in [5.41, 5.74) is 0.0637. The minimum atomic E-state index is 0.0637. The van der Waals surface area contributed by atoms with Crippen LogP contribution in [0.4, 0.5) is 0 Å². The number of amidine groups is 1. The molecule has 0 aliphatic rings. The second-order valence-corrected chi connectivity index (χ2v) is 4.63. The maximum Gasteiger partial charge on any atom is 0.0960 e. The van der Waals surface area contributed by atoms with Crippen LogP contribution in [-0.2, 0) is 0 Å². The zero-order valence-electron chi connectivity index (χ0n) is 9.31. The first-order chi connectivity index (χ1) is 5.40. The van der Waals surface area contributed by atoms with E-state index in [-0.39, 0.29) is 5.54 Å². The summed E-state index contributed by atoms with van der Waals surface area (Å²) in [7, 11) is 1.22. The van der Waals surface area contributed by atoms with Crippen LogP contribution in [0.15, 0.2) is 4.99 Å². The maximum absolute atomic E-state index is 4.62. The van der Waals surface area contributed by atoms with Gasteiger partial charge in [0.05, 0.1) is 11.4 Å². The molecule has 0 N–H and O–H groups in total. The molecule has 0 aromatic carbocycles. The van der Waals surface area contributed by atoms with Crippen molar-refractivity contribution < 1.29 is 0 Å². The zero-order valence-corrected chi connectivity index (χ0v) is 11.3. The predicted molar refractivity (Wildman–Crippen MR) is 60.0 cm³/mol. The maximum atomic E-state index is 4.62. The number of hydrogen-bond donors (Lipinski definition) is 0. The lowest BCUT2D eigenvalue weighted by Gasteiger charge is -2.23. The van der Waals surface area contributed by atoms with Crippen molar-refractivity contribution in [3.8, 4) is 0 Å². The fourth-order valence-electron chi connectivity index (χ4n) is 1.24. The smallest absolute Gasteiger partial charge is 0.0960 e. The van der Waals surface area contributed by atoms with Crippen LogP contribution in [0.3, 0.4) is 0 Å². The lowest BCUT2D eigenvalue weighted by molar-refractivity contribution is 0.486. The molecular weight excluding hydrogens is 164 g/mol. The molecule has 0 amide bonds. The number of rotatable bonds is 2. The molecule has 0 heterocycles. The van der Waals surface area contributed by atoms with Gasteiger partial charge < -0.3 is 4.90 Å². The van der Waals surface area contributed by atoms with E-state index in [1.54, 1.807) is 0 Å². The van der Waals surface area contributed by atoms with Gasteiger partial charge in [-0.15, -0.1) is 0 Å². The topological polar surface area (TPSA) is 15.6 Å². The summed E-state index contributed by atoms with van der Waals surface area (Å²) in [4.78, 5) is 6.95.